The minimum Gasteiger partial charge on any atom is -0.490 e. The quantitative estimate of drug-likeness (QED) is 0.469. The summed E-state index contributed by atoms with van der Waals surface area (Å²) in [6.07, 6.45) is 0.862. The third-order valence-electron chi connectivity index (χ3n) is 4.04. The van der Waals surface area contributed by atoms with Crippen molar-refractivity contribution >= 4 is 39.1 Å². The molecule has 1 unspecified atom stereocenters. The number of halogens is 3. The highest BCUT2D eigenvalue weighted by atomic mass is 79.9. The number of aliphatic hydroxyl groups excluding tert-OH is 1. The Labute approximate surface area is 178 Å². The molecule has 148 valence electrons. The Kier molecular flexibility index (Phi) is 9.19. The zero-order valence-corrected chi connectivity index (χ0v) is 18.5. The first-order chi connectivity index (χ1) is 13.0. The van der Waals surface area contributed by atoms with Crippen LogP contribution in [-0.4, -0.2) is 24.4 Å². The molecule has 2 rings (SSSR count). The minimum atomic E-state index is 0.0740. The predicted molar refractivity (Wildman–Crippen MR) is 114 cm³/mol. The number of ether oxygens (including phenoxy) is 2. The van der Waals surface area contributed by atoms with Crippen molar-refractivity contribution in [1.29, 1.82) is 0 Å². The minimum absolute atomic E-state index is 0.0740. The van der Waals surface area contributed by atoms with Crippen molar-refractivity contribution in [3.63, 3.8) is 0 Å². The second kappa shape index (κ2) is 11.1. The average Bonchev–Trinajstić information content (AvgIpc) is 2.65. The van der Waals surface area contributed by atoms with E-state index in [9.17, 15) is 5.11 Å². The number of nitrogens with one attached hydrogen (secondary N) is 1. The molecule has 0 aromatic heterocycles. The SMILES string of the molecule is CCOc1cc(CNC(CC)CO)cc(Br)c1OCc1ccc(Cl)c(Cl)c1. The van der Waals surface area contributed by atoms with Crippen molar-refractivity contribution in [2.24, 2.45) is 0 Å². The van der Waals surface area contributed by atoms with E-state index in [0.29, 0.717) is 41.3 Å². The Morgan fingerprint density at radius 2 is 1.85 bits per heavy atom. The van der Waals surface area contributed by atoms with Crippen LogP contribution >= 0.6 is 39.1 Å². The lowest BCUT2D eigenvalue weighted by molar-refractivity contribution is 0.238. The van der Waals surface area contributed by atoms with E-state index < -0.39 is 0 Å². The third-order valence-corrected chi connectivity index (χ3v) is 5.37. The first-order valence-corrected chi connectivity index (χ1v) is 10.4. The van der Waals surface area contributed by atoms with Gasteiger partial charge in [0, 0.05) is 12.6 Å². The number of benzene rings is 2. The summed E-state index contributed by atoms with van der Waals surface area (Å²) >= 11 is 15.6. The van der Waals surface area contributed by atoms with Crippen LogP contribution in [0.2, 0.25) is 10.0 Å². The summed E-state index contributed by atoms with van der Waals surface area (Å²) in [6, 6.07) is 9.43. The van der Waals surface area contributed by atoms with Crippen molar-refractivity contribution in [3.8, 4) is 11.5 Å². The molecule has 0 spiro atoms. The number of hydrogen-bond donors (Lipinski definition) is 2. The van der Waals surface area contributed by atoms with Crippen LogP contribution in [0.4, 0.5) is 0 Å². The van der Waals surface area contributed by atoms with E-state index in [1.54, 1.807) is 12.1 Å². The van der Waals surface area contributed by atoms with Crippen LogP contribution in [0.15, 0.2) is 34.8 Å². The topological polar surface area (TPSA) is 50.7 Å². The fourth-order valence-electron chi connectivity index (χ4n) is 2.51. The van der Waals surface area contributed by atoms with E-state index in [1.807, 2.05) is 32.0 Å². The zero-order chi connectivity index (χ0) is 19.8. The Bertz CT molecular complexity index is 754. The highest BCUT2D eigenvalue weighted by Crippen LogP contribution is 2.37. The Morgan fingerprint density at radius 3 is 2.48 bits per heavy atom. The van der Waals surface area contributed by atoms with Crippen LogP contribution in [0, 0.1) is 0 Å². The van der Waals surface area contributed by atoms with Crippen molar-refractivity contribution in [1.82, 2.24) is 5.32 Å². The highest BCUT2D eigenvalue weighted by Gasteiger charge is 2.14. The molecular formula is C20H24BrCl2NO3. The molecule has 0 aliphatic heterocycles. The van der Waals surface area contributed by atoms with Gasteiger partial charge in [-0.1, -0.05) is 36.2 Å². The lowest BCUT2D eigenvalue weighted by atomic mass is 10.1. The summed E-state index contributed by atoms with van der Waals surface area (Å²) in [5, 5.41) is 13.7. The maximum atomic E-state index is 9.32. The maximum absolute atomic E-state index is 9.32. The molecule has 0 heterocycles. The second-order valence-corrected chi connectivity index (χ2v) is 7.71. The monoisotopic (exact) mass is 475 g/mol. The largest absolute Gasteiger partial charge is 0.490 e. The lowest BCUT2D eigenvalue weighted by Crippen LogP contribution is -2.31. The Hall–Kier alpha value is -0.980. The van der Waals surface area contributed by atoms with Gasteiger partial charge >= 0.3 is 0 Å². The zero-order valence-electron chi connectivity index (χ0n) is 15.4. The summed E-state index contributed by atoms with van der Waals surface area (Å²) in [6.45, 7) is 5.58. The van der Waals surface area contributed by atoms with Gasteiger partial charge < -0.3 is 19.9 Å². The van der Waals surface area contributed by atoms with Crippen LogP contribution < -0.4 is 14.8 Å². The van der Waals surface area contributed by atoms with Crippen molar-refractivity contribution in [2.75, 3.05) is 13.2 Å². The van der Waals surface area contributed by atoms with E-state index in [1.165, 1.54) is 0 Å². The number of rotatable bonds is 10. The Balaban J connectivity index is 2.15. The van der Waals surface area contributed by atoms with Crippen molar-refractivity contribution in [3.05, 3.63) is 56.0 Å². The standard InChI is InChI=1S/C20H24BrCl2NO3/c1-3-15(11-25)24-10-14-7-16(21)20(19(9-14)26-4-2)27-12-13-5-6-17(22)18(23)8-13/h5-9,15,24-25H,3-4,10-12H2,1-2H3. The van der Waals surface area contributed by atoms with Crippen molar-refractivity contribution < 1.29 is 14.6 Å². The summed E-state index contributed by atoms with van der Waals surface area (Å²) < 4.78 is 12.6. The maximum Gasteiger partial charge on any atom is 0.175 e. The normalized spacial score (nSPS) is 12.1. The summed E-state index contributed by atoms with van der Waals surface area (Å²) in [4.78, 5) is 0. The second-order valence-electron chi connectivity index (χ2n) is 6.04. The molecule has 0 aliphatic rings. The molecule has 0 fully saturated rings. The average molecular weight is 477 g/mol. The molecule has 0 amide bonds. The van der Waals surface area contributed by atoms with Crippen LogP contribution in [0.25, 0.3) is 0 Å². The molecule has 4 nitrogen and oxygen atoms in total. The molecule has 27 heavy (non-hydrogen) atoms. The van der Waals surface area contributed by atoms with Gasteiger partial charge in [-0.05, 0) is 64.7 Å². The predicted octanol–water partition coefficient (Wildman–Crippen LogP) is 5.59. The van der Waals surface area contributed by atoms with Gasteiger partial charge in [-0.25, -0.2) is 0 Å². The van der Waals surface area contributed by atoms with Crippen LogP contribution in [0.5, 0.6) is 11.5 Å². The Morgan fingerprint density at radius 1 is 1.07 bits per heavy atom. The van der Waals surface area contributed by atoms with Gasteiger partial charge in [0.15, 0.2) is 11.5 Å². The van der Waals surface area contributed by atoms with Gasteiger partial charge in [0.25, 0.3) is 0 Å². The fourth-order valence-corrected chi connectivity index (χ4v) is 3.44. The number of aliphatic hydroxyl groups is 1. The summed E-state index contributed by atoms with van der Waals surface area (Å²) in [5.41, 5.74) is 1.96. The molecule has 0 saturated carbocycles. The molecular weight excluding hydrogens is 453 g/mol. The third kappa shape index (κ3) is 6.54. The smallest absolute Gasteiger partial charge is 0.175 e. The van der Waals surface area contributed by atoms with Crippen LogP contribution in [-0.2, 0) is 13.2 Å². The lowest BCUT2D eigenvalue weighted by Gasteiger charge is -2.18. The van der Waals surface area contributed by atoms with Gasteiger partial charge in [0.05, 0.1) is 27.7 Å². The van der Waals surface area contributed by atoms with Gasteiger partial charge in [-0.3, -0.25) is 0 Å². The molecule has 0 radical (unpaired) electrons. The molecule has 0 saturated heterocycles. The summed E-state index contributed by atoms with van der Waals surface area (Å²) in [5.74, 6) is 1.31. The van der Waals surface area contributed by atoms with Crippen LogP contribution in [0.3, 0.4) is 0 Å². The first kappa shape index (κ1) is 22.3. The molecule has 2 aromatic carbocycles. The van der Waals surface area contributed by atoms with Gasteiger partial charge in [-0.15, -0.1) is 0 Å². The molecule has 0 bridgehead atoms. The van der Waals surface area contributed by atoms with Gasteiger partial charge in [-0.2, -0.15) is 0 Å². The molecule has 1 atom stereocenters. The summed E-state index contributed by atoms with van der Waals surface area (Å²) in [7, 11) is 0. The van der Waals surface area contributed by atoms with E-state index in [0.717, 1.165) is 22.0 Å². The van der Waals surface area contributed by atoms with Crippen LogP contribution in [0.1, 0.15) is 31.4 Å². The van der Waals surface area contributed by atoms with Gasteiger partial charge in [0.2, 0.25) is 0 Å². The molecule has 0 aliphatic carbocycles. The number of hydrogen-bond acceptors (Lipinski definition) is 4. The van der Waals surface area contributed by atoms with Crippen molar-refractivity contribution in [2.45, 2.75) is 39.5 Å². The first-order valence-electron chi connectivity index (χ1n) is 8.84. The van der Waals surface area contributed by atoms with E-state index in [4.69, 9.17) is 32.7 Å². The van der Waals surface area contributed by atoms with Gasteiger partial charge in [0.1, 0.15) is 6.61 Å². The molecule has 2 N–H and O–H groups in total. The molecule has 2 aromatic rings. The van der Waals surface area contributed by atoms with E-state index >= 15 is 0 Å². The van der Waals surface area contributed by atoms with E-state index in [-0.39, 0.29) is 12.6 Å². The molecule has 7 heteroatoms. The fraction of sp³-hybridized carbons (Fsp3) is 0.400. The highest BCUT2D eigenvalue weighted by molar-refractivity contribution is 9.10. The van der Waals surface area contributed by atoms with E-state index in [2.05, 4.69) is 21.2 Å².